The fourth-order valence-corrected chi connectivity index (χ4v) is 4.57. The van der Waals surface area contributed by atoms with E-state index in [4.69, 9.17) is 16.3 Å². The number of hydrogen-bond donors (Lipinski definition) is 1. The number of methoxy groups -OCH3 is 1. The second-order valence-corrected chi connectivity index (χ2v) is 9.11. The lowest BCUT2D eigenvalue weighted by molar-refractivity contribution is 0.102. The van der Waals surface area contributed by atoms with Gasteiger partial charge in [-0.25, -0.2) is 13.4 Å². The third kappa shape index (κ3) is 5.09. The molecular formula is C23H22ClN3O4S. The number of pyridine rings is 1. The van der Waals surface area contributed by atoms with Crippen LogP contribution in [-0.2, 0) is 10.0 Å². The van der Waals surface area contributed by atoms with Gasteiger partial charge in [-0.2, -0.15) is 0 Å². The monoisotopic (exact) mass is 471 g/mol. The van der Waals surface area contributed by atoms with Gasteiger partial charge in [0.2, 0.25) is 0 Å². The van der Waals surface area contributed by atoms with Gasteiger partial charge in [0.25, 0.3) is 15.9 Å². The molecule has 1 heterocycles. The Balaban J connectivity index is 1.96. The lowest BCUT2D eigenvalue weighted by Gasteiger charge is -2.23. The van der Waals surface area contributed by atoms with Crippen molar-refractivity contribution in [3.63, 3.8) is 0 Å². The first-order valence-corrected chi connectivity index (χ1v) is 11.4. The number of aryl methyl sites for hydroxylation is 1. The molecule has 0 aliphatic rings. The van der Waals surface area contributed by atoms with Crippen LogP contribution < -0.4 is 14.4 Å². The minimum atomic E-state index is -4.02. The molecule has 0 saturated carbocycles. The Hall–Kier alpha value is -3.36. The molecular weight excluding hydrogens is 450 g/mol. The van der Waals surface area contributed by atoms with Gasteiger partial charge in [0.15, 0.2) is 0 Å². The Morgan fingerprint density at radius 3 is 2.50 bits per heavy atom. The van der Waals surface area contributed by atoms with E-state index in [1.54, 1.807) is 42.6 Å². The number of nitrogens with one attached hydrogen (secondary N) is 1. The molecule has 166 valence electrons. The molecule has 0 atom stereocenters. The van der Waals surface area contributed by atoms with Crippen LogP contribution in [0.25, 0.3) is 0 Å². The van der Waals surface area contributed by atoms with Crippen LogP contribution in [0.4, 0.5) is 11.5 Å². The fourth-order valence-electron chi connectivity index (χ4n) is 2.90. The normalized spacial score (nSPS) is 11.0. The molecule has 0 aliphatic carbocycles. The minimum Gasteiger partial charge on any atom is -0.497 e. The summed E-state index contributed by atoms with van der Waals surface area (Å²) >= 11 is 6.20. The van der Waals surface area contributed by atoms with Gasteiger partial charge in [-0.1, -0.05) is 23.7 Å². The zero-order valence-corrected chi connectivity index (χ0v) is 19.2. The number of hydrogen-bond acceptors (Lipinski definition) is 5. The minimum absolute atomic E-state index is 0.0170. The zero-order chi connectivity index (χ0) is 23.3. The van der Waals surface area contributed by atoms with Crippen LogP contribution in [0.2, 0.25) is 5.02 Å². The summed E-state index contributed by atoms with van der Waals surface area (Å²) in [5, 5.41) is 2.75. The summed E-state index contributed by atoms with van der Waals surface area (Å²) < 4.78 is 33.2. The van der Waals surface area contributed by atoms with Crippen molar-refractivity contribution in [1.29, 1.82) is 0 Å². The second-order valence-electron chi connectivity index (χ2n) is 6.84. The van der Waals surface area contributed by atoms with Crippen molar-refractivity contribution in [3.8, 4) is 5.75 Å². The van der Waals surface area contributed by atoms with Crippen LogP contribution in [0, 0.1) is 6.92 Å². The van der Waals surface area contributed by atoms with E-state index in [1.165, 1.54) is 35.7 Å². The third-order valence-electron chi connectivity index (χ3n) is 4.58. The van der Waals surface area contributed by atoms with E-state index in [1.807, 2.05) is 6.92 Å². The zero-order valence-electron chi connectivity index (χ0n) is 17.6. The molecule has 7 nitrogen and oxygen atoms in total. The van der Waals surface area contributed by atoms with E-state index in [-0.39, 0.29) is 22.0 Å². The smallest absolute Gasteiger partial charge is 0.264 e. The van der Waals surface area contributed by atoms with E-state index >= 15 is 0 Å². The molecule has 0 fully saturated rings. The number of halogens is 1. The highest BCUT2D eigenvalue weighted by molar-refractivity contribution is 7.92. The maximum absolute atomic E-state index is 13.4. The molecule has 0 bridgehead atoms. The Bertz CT molecular complexity index is 1230. The average molecular weight is 472 g/mol. The van der Waals surface area contributed by atoms with Crippen LogP contribution in [0.5, 0.6) is 5.75 Å². The van der Waals surface area contributed by atoms with E-state index in [9.17, 15) is 13.2 Å². The molecule has 1 N–H and O–H groups in total. The molecule has 1 amide bonds. The lowest BCUT2D eigenvalue weighted by Crippen LogP contribution is -2.31. The van der Waals surface area contributed by atoms with Crippen LogP contribution in [0.1, 0.15) is 15.9 Å². The SMILES string of the molecule is C=CCN(c1ccc(OC)cc1)S(=O)(=O)c1ccc(Cl)c(C(=O)Nc2ccc(C)cn2)c1. The predicted molar refractivity (Wildman–Crippen MR) is 126 cm³/mol. The average Bonchev–Trinajstić information content (AvgIpc) is 2.79. The number of anilines is 2. The number of aromatic nitrogens is 1. The highest BCUT2D eigenvalue weighted by Gasteiger charge is 2.26. The van der Waals surface area contributed by atoms with E-state index in [0.29, 0.717) is 17.3 Å². The molecule has 3 rings (SSSR count). The maximum atomic E-state index is 13.4. The van der Waals surface area contributed by atoms with Crippen molar-refractivity contribution in [2.75, 3.05) is 23.3 Å². The van der Waals surface area contributed by atoms with Gasteiger partial charge in [0.1, 0.15) is 11.6 Å². The molecule has 9 heteroatoms. The van der Waals surface area contributed by atoms with Crippen molar-refractivity contribution in [1.82, 2.24) is 4.98 Å². The first kappa shape index (κ1) is 23.3. The van der Waals surface area contributed by atoms with Gasteiger partial charge in [-0.15, -0.1) is 6.58 Å². The van der Waals surface area contributed by atoms with Crippen molar-refractivity contribution in [3.05, 3.63) is 89.6 Å². The topological polar surface area (TPSA) is 88.6 Å². The molecule has 0 radical (unpaired) electrons. The first-order chi connectivity index (χ1) is 15.3. The summed E-state index contributed by atoms with van der Waals surface area (Å²) in [6.45, 7) is 5.57. The van der Waals surface area contributed by atoms with Gasteiger partial charge in [0, 0.05) is 6.20 Å². The lowest BCUT2D eigenvalue weighted by atomic mass is 10.2. The molecule has 0 aliphatic heterocycles. The molecule has 3 aromatic rings. The molecule has 0 spiro atoms. The Morgan fingerprint density at radius 2 is 1.91 bits per heavy atom. The van der Waals surface area contributed by atoms with Gasteiger partial charge in [-0.3, -0.25) is 9.10 Å². The van der Waals surface area contributed by atoms with Crippen molar-refractivity contribution >= 4 is 39.0 Å². The largest absolute Gasteiger partial charge is 0.497 e. The third-order valence-corrected chi connectivity index (χ3v) is 6.70. The van der Waals surface area contributed by atoms with Crippen molar-refractivity contribution in [2.24, 2.45) is 0 Å². The number of rotatable bonds is 8. The Labute approximate surface area is 192 Å². The number of ether oxygens (including phenoxy) is 1. The van der Waals surface area contributed by atoms with Crippen molar-refractivity contribution in [2.45, 2.75) is 11.8 Å². The van der Waals surface area contributed by atoms with Crippen LogP contribution in [0.15, 0.2) is 78.3 Å². The number of sulfonamides is 1. The van der Waals surface area contributed by atoms with Gasteiger partial charge >= 0.3 is 0 Å². The first-order valence-electron chi connectivity index (χ1n) is 9.57. The summed E-state index contributed by atoms with van der Waals surface area (Å²) in [5.41, 5.74) is 1.38. The highest BCUT2D eigenvalue weighted by atomic mass is 35.5. The summed E-state index contributed by atoms with van der Waals surface area (Å²) in [6, 6.07) is 14.0. The number of nitrogens with zero attached hydrogens (tertiary/aromatic N) is 2. The second kappa shape index (κ2) is 9.84. The molecule has 2 aromatic carbocycles. The molecule has 32 heavy (non-hydrogen) atoms. The molecule has 0 saturated heterocycles. The van der Waals surface area contributed by atoms with Crippen LogP contribution >= 0.6 is 11.6 Å². The maximum Gasteiger partial charge on any atom is 0.264 e. The Kier molecular flexibility index (Phi) is 7.17. The summed E-state index contributed by atoms with van der Waals surface area (Å²) in [5.74, 6) is 0.361. The number of carbonyl (C=O) groups is 1. The van der Waals surface area contributed by atoms with E-state index < -0.39 is 15.9 Å². The fraction of sp³-hybridized carbons (Fsp3) is 0.130. The molecule has 1 aromatic heterocycles. The van der Waals surface area contributed by atoms with E-state index in [2.05, 4.69) is 16.9 Å². The Morgan fingerprint density at radius 1 is 1.19 bits per heavy atom. The van der Waals surface area contributed by atoms with Crippen LogP contribution in [-0.4, -0.2) is 33.0 Å². The van der Waals surface area contributed by atoms with Crippen LogP contribution in [0.3, 0.4) is 0 Å². The predicted octanol–water partition coefficient (Wildman–Crippen LogP) is 4.69. The van der Waals surface area contributed by atoms with Gasteiger partial charge < -0.3 is 10.1 Å². The summed E-state index contributed by atoms with van der Waals surface area (Å²) in [4.78, 5) is 16.8. The summed E-state index contributed by atoms with van der Waals surface area (Å²) in [7, 11) is -2.49. The standard InChI is InChI=1S/C23H22ClN3O4S/c1-4-13-27(17-6-8-18(31-3)9-7-17)32(29,30)19-10-11-21(24)20(14-19)23(28)26-22-12-5-16(2)15-25-22/h4-12,14-15H,1,13H2,2-3H3,(H,25,26,28). The number of benzene rings is 2. The van der Waals surface area contributed by atoms with E-state index in [0.717, 1.165) is 5.56 Å². The summed E-state index contributed by atoms with van der Waals surface area (Å²) in [6.07, 6.45) is 3.09. The van der Waals surface area contributed by atoms with Gasteiger partial charge in [0.05, 0.1) is 34.8 Å². The molecule has 0 unspecified atom stereocenters. The van der Waals surface area contributed by atoms with Crippen molar-refractivity contribution < 1.29 is 17.9 Å². The quantitative estimate of drug-likeness (QED) is 0.481. The van der Waals surface area contributed by atoms with Gasteiger partial charge in [-0.05, 0) is 61.0 Å². The number of carbonyl (C=O) groups excluding carboxylic acids is 1. The number of amides is 1. The highest BCUT2D eigenvalue weighted by Crippen LogP contribution is 2.28.